The lowest BCUT2D eigenvalue weighted by Crippen LogP contribution is -2.57. The normalized spacial score (nSPS) is 50.2. The van der Waals surface area contributed by atoms with E-state index >= 15 is 0 Å². The summed E-state index contributed by atoms with van der Waals surface area (Å²) in [6, 6.07) is 0.568. The Kier molecular flexibility index (Phi) is 7.25. The van der Waals surface area contributed by atoms with Gasteiger partial charge in [-0.2, -0.15) is 0 Å². The second-order valence-corrected chi connectivity index (χ2v) is 16.9. The van der Waals surface area contributed by atoms with Gasteiger partial charge in [-0.15, -0.1) is 0 Å². The van der Waals surface area contributed by atoms with Crippen LogP contribution in [0.4, 0.5) is 0 Å². The van der Waals surface area contributed by atoms with Crippen molar-refractivity contribution in [3.05, 3.63) is 0 Å². The lowest BCUT2D eigenvalue weighted by molar-refractivity contribution is -0.142. The number of nitrogens with zero attached hydrogens (tertiary/aromatic N) is 2. The van der Waals surface area contributed by atoms with Crippen LogP contribution in [0.2, 0.25) is 0 Å². The second-order valence-electron chi connectivity index (χ2n) is 16.9. The van der Waals surface area contributed by atoms with Crippen molar-refractivity contribution in [1.29, 1.82) is 0 Å². The van der Waals surface area contributed by atoms with Crippen LogP contribution in [0.15, 0.2) is 0 Å². The number of carbonyl (C=O) groups is 2. The van der Waals surface area contributed by atoms with Crippen LogP contribution >= 0.6 is 0 Å². The van der Waals surface area contributed by atoms with E-state index in [-0.39, 0.29) is 34.7 Å². The molecule has 6 nitrogen and oxygen atoms in total. The Morgan fingerprint density at radius 1 is 0.548 bits per heavy atom. The molecule has 2 saturated heterocycles. The summed E-state index contributed by atoms with van der Waals surface area (Å²) >= 11 is 0. The molecule has 234 valence electrons. The van der Waals surface area contributed by atoms with Gasteiger partial charge < -0.3 is 21.3 Å². The zero-order valence-electron chi connectivity index (χ0n) is 26.2. The summed E-state index contributed by atoms with van der Waals surface area (Å²) < 4.78 is 0. The summed E-state index contributed by atoms with van der Waals surface area (Å²) in [5, 5.41) is 0. The van der Waals surface area contributed by atoms with Crippen molar-refractivity contribution in [3.63, 3.8) is 0 Å². The van der Waals surface area contributed by atoms with Crippen LogP contribution < -0.4 is 11.5 Å². The highest BCUT2D eigenvalue weighted by atomic mass is 16.2. The van der Waals surface area contributed by atoms with E-state index in [1.54, 1.807) is 0 Å². The standard InChI is InChI=1S/C36H58N4O2/c37-31-25-17-27(29(19-25)35(31)11-7-9-23(21-35)33(41)39-13-3-1-4-14-39)28-18-26-20-30(28)36(32(26)38)12-8-10-24(22-36)34(42)40-15-5-2-6-16-40/h23-32H,1-22,37-38H2/t23-,24?,25+,26?,27?,28?,29+,30?,31-,32-,35+,36-/m1/s1. The number of nitrogens with two attached hydrogens (primary N) is 2. The average Bonchev–Trinajstić information content (AvgIpc) is 3.79. The van der Waals surface area contributed by atoms with Gasteiger partial charge in [-0.1, -0.05) is 12.8 Å². The third-order valence-corrected chi connectivity index (χ3v) is 15.3. The van der Waals surface area contributed by atoms with Gasteiger partial charge in [0.2, 0.25) is 11.8 Å². The Balaban J connectivity index is 1.02. The van der Waals surface area contributed by atoms with Crippen molar-refractivity contribution in [1.82, 2.24) is 9.80 Å². The molecule has 8 aliphatic rings. The van der Waals surface area contributed by atoms with E-state index < -0.39 is 0 Å². The minimum Gasteiger partial charge on any atom is -0.342 e. The van der Waals surface area contributed by atoms with Crippen LogP contribution in [0.5, 0.6) is 0 Å². The van der Waals surface area contributed by atoms with Crippen LogP contribution in [-0.2, 0) is 9.59 Å². The highest BCUT2D eigenvalue weighted by molar-refractivity contribution is 5.79. The molecule has 42 heavy (non-hydrogen) atoms. The fourth-order valence-electron chi connectivity index (χ4n) is 13.6. The van der Waals surface area contributed by atoms with Gasteiger partial charge in [0.05, 0.1) is 0 Å². The fourth-order valence-corrected chi connectivity index (χ4v) is 13.6. The van der Waals surface area contributed by atoms with E-state index in [1.165, 1.54) is 89.9 Å². The van der Waals surface area contributed by atoms with E-state index in [1.807, 2.05) is 0 Å². The van der Waals surface area contributed by atoms with E-state index in [2.05, 4.69) is 9.80 Å². The summed E-state index contributed by atoms with van der Waals surface area (Å²) in [6.45, 7) is 3.88. The first-order chi connectivity index (χ1) is 20.4. The first-order valence-electron chi connectivity index (χ1n) is 18.5. The molecule has 0 aromatic carbocycles. The number of hydrogen-bond donors (Lipinski definition) is 2. The predicted molar refractivity (Wildman–Crippen MR) is 165 cm³/mol. The topological polar surface area (TPSA) is 92.7 Å². The molecule has 4 N–H and O–H groups in total. The van der Waals surface area contributed by atoms with Crippen molar-refractivity contribution in [2.45, 2.75) is 128 Å². The van der Waals surface area contributed by atoms with Gasteiger partial charge in [-0.05, 0) is 149 Å². The molecule has 2 heterocycles. The monoisotopic (exact) mass is 578 g/mol. The lowest BCUT2D eigenvalue weighted by Gasteiger charge is -2.56. The molecule has 0 aromatic heterocycles. The summed E-state index contributed by atoms with van der Waals surface area (Å²) in [7, 11) is 0. The first-order valence-corrected chi connectivity index (χ1v) is 18.5. The predicted octanol–water partition coefficient (Wildman–Crippen LogP) is 5.33. The van der Waals surface area contributed by atoms with E-state index in [0.29, 0.717) is 35.5 Å². The Bertz CT molecular complexity index is 971. The van der Waals surface area contributed by atoms with Crippen LogP contribution in [0.25, 0.3) is 0 Å². The zero-order chi connectivity index (χ0) is 28.6. The second kappa shape index (κ2) is 10.7. The average molecular weight is 579 g/mol. The number of likely N-dealkylation sites (tertiary alicyclic amines) is 2. The Morgan fingerprint density at radius 3 is 1.33 bits per heavy atom. The number of amides is 2. The summed E-state index contributed by atoms with van der Waals surface area (Å²) in [5.74, 6) is 5.51. The van der Waals surface area contributed by atoms with Gasteiger partial charge in [0.25, 0.3) is 0 Å². The number of carbonyl (C=O) groups excluding carboxylic acids is 2. The number of hydrogen-bond acceptors (Lipinski definition) is 4. The van der Waals surface area contributed by atoms with Crippen LogP contribution in [0.3, 0.4) is 0 Å². The molecule has 5 unspecified atom stereocenters. The van der Waals surface area contributed by atoms with Crippen LogP contribution in [-0.4, -0.2) is 59.9 Å². The highest BCUT2D eigenvalue weighted by Gasteiger charge is 2.68. The quantitative estimate of drug-likeness (QED) is 0.473. The first kappa shape index (κ1) is 28.3. The van der Waals surface area contributed by atoms with Crippen LogP contribution in [0, 0.1) is 58.2 Å². The summed E-state index contributed by atoms with van der Waals surface area (Å²) in [6.07, 6.45) is 21.6. The third kappa shape index (κ3) is 4.22. The molecule has 2 spiro atoms. The van der Waals surface area contributed by atoms with E-state index in [0.717, 1.165) is 63.7 Å². The lowest BCUT2D eigenvalue weighted by atomic mass is 9.50. The zero-order valence-corrected chi connectivity index (χ0v) is 26.2. The van der Waals surface area contributed by atoms with Gasteiger partial charge >= 0.3 is 0 Å². The minimum absolute atomic E-state index is 0.179. The molecule has 8 rings (SSSR count). The molecule has 2 amide bonds. The maximum atomic E-state index is 13.7. The molecule has 6 heteroatoms. The van der Waals surface area contributed by atoms with Crippen LogP contribution in [0.1, 0.15) is 116 Å². The van der Waals surface area contributed by atoms with Crippen molar-refractivity contribution in [2.24, 2.45) is 69.6 Å². The minimum atomic E-state index is 0.179. The molecule has 8 fully saturated rings. The smallest absolute Gasteiger partial charge is 0.225 e. The molecular formula is C36H58N4O2. The fraction of sp³-hybridized carbons (Fsp3) is 0.944. The molecule has 2 aliphatic heterocycles. The third-order valence-electron chi connectivity index (χ3n) is 15.3. The molecule has 4 bridgehead atoms. The molecular weight excluding hydrogens is 520 g/mol. The molecule has 0 radical (unpaired) electrons. The van der Waals surface area contributed by atoms with Gasteiger partial charge in [-0.3, -0.25) is 9.59 Å². The maximum Gasteiger partial charge on any atom is 0.225 e. The number of rotatable bonds is 3. The highest BCUT2D eigenvalue weighted by Crippen LogP contribution is 2.72. The summed E-state index contributed by atoms with van der Waals surface area (Å²) in [4.78, 5) is 31.9. The van der Waals surface area contributed by atoms with Gasteiger partial charge in [-0.25, -0.2) is 0 Å². The maximum absolute atomic E-state index is 13.7. The number of piperidine rings is 2. The number of fused-ring (bicyclic) bond motifs is 6. The van der Waals surface area contributed by atoms with E-state index in [9.17, 15) is 9.59 Å². The van der Waals surface area contributed by atoms with Crippen molar-refractivity contribution in [3.8, 4) is 0 Å². The SMILES string of the molecule is N[C@@H]1C2CC(C3C[C@H]4C[C@@H]3[C@@]3(CCC[C@@H](C(=O)N5CCCCC5)C3)[C@@H]4N)C(C2)[C@]12CCCC(C(=O)N1CCCCC1)C2. The molecule has 6 saturated carbocycles. The van der Waals surface area contributed by atoms with Gasteiger partial charge in [0.15, 0.2) is 0 Å². The Labute approximate surface area is 254 Å². The summed E-state index contributed by atoms with van der Waals surface area (Å²) in [5.41, 5.74) is 14.8. The van der Waals surface area contributed by atoms with Gasteiger partial charge in [0, 0.05) is 50.1 Å². The molecule has 6 aliphatic carbocycles. The van der Waals surface area contributed by atoms with E-state index in [4.69, 9.17) is 11.5 Å². The largest absolute Gasteiger partial charge is 0.342 e. The molecule has 0 aromatic rings. The van der Waals surface area contributed by atoms with Crippen molar-refractivity contribution < 1.29 is 9.59 Å². The Morgan fingerprint density at radius 2 is 0.952 bits per heavy atom. The van der Waals surface area contributed by atoms with Crippen molar-refractivity contribution in [2.75, 3.05) is 26.2 Å². The Hall–Kier alpha value is -1.14. The molecule has 12 atom stereocenters. The van der Waals surface area contributed by atoms with Gasteiger partial charge in [0.1, 0.15) is 0 Å². The van der Waals surface area contributed by atoms with Crippen molar-refractivity contribution >= 4 is 11.8 Å².